The van der Waals surface area contributed by atoms with E-state index in [1.54, 1.807) is 0 Å². The maximum absolute atomic E-state index is 10.8. The van der Waals surface area contributed by atoms with Crippen molar-refractivity contribution in [2.75, 3.05) is 0 Å². The number of aldehydes is 1. The molecule has 192 valence electrons. The molecule has 0 aliphatic carbocycles. The fourth-order valence-corrected chi connectivity index (χ4v) is 4.46. The number of fused-ring (bicyclic) bond motifs is 8. The minimum absolute atomic E-state index is 0.717. The highest BCUT2D eigenvalue weighted by Crippen LogP contribution is 2.17. The molecule has 0 unspecified atom stereocenters. The number of nitrogens with zero attached hydrogens (tertiary/aromatic N) is 2. The number of hydrogen-bond acceptors (Lipinski definition) is 3. The topological polar surface area (TPSA) is 74.4 Å². The van der Waals surface area contributed by atoms with Gasteiger partial charge in [0.1, 0.15) is 0 Å². The van der Waals surface area contributed by atoms with Crippen LogP contribution in [0.4, 0.5) is 0 Å². The zero-order valence-corrected chi connectivity index (χ0v) is 21.7. The molecule has 0 amide bonds. The van der Waals surface area contributed by atoms with E-state index >= 15 is 0 Å². The zero-order chi connectivity index (χ0) is 27.1. The minimum atomic E-state index is 0.717. The maximum Gasteiger partial charge on any atom is 0.150 e. The molecule has 2 aliphatic heterocycles. The predicted molar refractivity (Wildman–Crippen MR) is 166 cm³/mol. The first-order valence-electron chi connectivity index (χ1n) is 13.0. The molecule has 8 bridgehead atoms. The summed E-state index contributed by atoms with van der Waals surface area (Å²) in [6, 6.07) is 34.0. The van der Waals surface area contributed by atoms with Crippen molar-refractivity contribution < 1.29 is 4.79 Å². The molecule has 5 nitrogen and oxygen atoms in total. The van der Waals surface area contributed by atoms with Crippen LogP contribution in [0.1, 0.15) is 44.3 Å². The minimum Gasteiger partial charge on any atom is -0.355 e. The van der Waals surface area contributed by atoms with E-state index in [2.05, 4.69) is 50.3 Å². The van der Waals surface area contributed by atoms with Crippen LogP contribution in [0.2, 0.25) is 0 Å². The van der Waals surface area contributed by atoms with Crippen molar-refractivity contribution in [2.24, 2.45) is 0 Å². The quantitative estimate of drug-likeness (QED) is 0.182. The second-order valence-corrected chi connectivity index (χ2v) is 9.40. The van der Waals surface area contributed by atoms with E-state index in [0.717, 1.165) is 67.8 Å². The Bertz CT molecular complexity index is 1840. The molecule has 40 heavy (non-hydrogen) atoms. The molecule has 2 aromatic carbocycles. The molecule has 5 heterocycles. The predicted octanol–water partition coefficient (Wildman–Crippen LogP) is 8.33. The number of H-pyrrole nitrogens is 2. The summed E-state index contributed by atoms with van der Waals surface area (Å²) in [5, 5.41) is 0. The summed E-state index contributed by atoms with van der Waals surface area (Å²) in [6.45, 7) is 0. The van der Waals surface area contributed by atoms with Crippen LogP contribution in [0, 0.1) is 0 Å². The van der Waals surface area contributed by atoms with Crippen molar-refractivity contribution in [2.45, 2.75) is 0 Å². The Balaban J connectivity index is 0.000000158. The molecule has 0 radical (unpaired) electrons. The van der Waals surface area contributed by atoms with Gasteiger partial charge in [-0.3, -0.25) is 4.79 Å². The molecule has 0 fully saturated rings. The highest BCUT2D eigenvalue weighted by Gasteiger charge is 2.02. The van der Waals surface area contributed by atoms with Crippen molar-refractivity contribution in [3.8, 4) is 0 Å². The van der Waals surface area contributed by atoms with E-state index in [-0.39, 0.29) is 0 Å². The number of aromatic nitrogens is 4. The van der Waals surface area contributed by atoms with Gasteiger partial charge in [-0.05, 0) is 84.0 Å². The van der Waals surface area contributed by atoms with Crippen molar-refractivity contribution >= 4 is 64.8 Å². The summed E-state index contributed by atoms with van der Waals surface area (Å²) in [5.74, 6) is 0. The maximum atomic E-state index is 10.8. The number of benzene rings is 2. The second-order valence-electron chi connectivity index (χ2n) is 9.40. The van der Waals surface area contributed by atoms with Crippen LogP contribution in [0.25, 0.3) is 58.5 Å². The van der Waals surface area contributed by atoms with E-state index < -0.39 is 0 Å². The largest absolute Gasteiger partial charge is 0.355 e. The van der Waals surface area contributed by atoms with Crippen LogP contribution in [-0.2, 0) is 0 Å². The summed E-state index contributed by atoms with van der Waals surface area (Å²) in [6.07, 6.45) is 12.9. The lowest BCUT2D eigenvalue weighted by molar-refractivity contribution is 0.112. The summed E-state index contributed by atoms with van der Waals surface area (Å²) in [4.78, 5) is 26.8. The number of carbonyl (C=O) groups excluding carboxylic acids is 1. The standard InChI is InChI=1S/C20H14N4.C15H12O/c1-2-14-10-16-5-6-18(23-16)12-20-8-7-19(24-20)11-17-4-3-15(22-17)9-13(1)21-14;16-12-15-9-5-4-8-14(15)11-10-13-6-2-1-3-7-13/h1-12,21-22H;1-12H. The van der Waals surface area contributed by atoms with E-state index in [1.165, 1.54) is 0 Å². The third kappa shape index (κ3) is 6.11. The van der Waals surface area contributed by atoms with Gasteiger partial charge in [0.2, 0.25) is 0 Å². The van der Waals surface area contributed by atoms with E-state index in [4.69, 9.17) is 0 Å². The van der Waals surface area contributed by atoms with Crippen LogP contribution in [-0.4, -0.2) is 26.2 Å². The summed E-state index contributed by atoms with van der Waals surface area (Å²) in [5.41, 5.74) is 10.7. The highest BCUT2D eigenvalue weighted by atomic mass is 16.1. The highest BCUT2D eigenvalue weighted by molar-refractivity contribution is 5.85. The third-order valence-electron chi connectivity index (χ3n) is 6.42. The van der Waals surface area contributed by atoms with E-state index in [0.29, 0.717) is 0 Å². The Labute approximate surface area is 231 Å². The van der Waals surface area contributed by atoms with Crippen molar-refractivity contribution in [1.82, 2.24) is 19.9 Å². The Morgan fingerprint density at radius 2 is 0.950 bits per heavy atom. The van der Waals surface area contributed by atoms with Crippen molar-refractivity contribution in [1.29, 1.82) is 0 Å². The normalized spacial score (nSPS) is 11.8. The smallest absolute Gasteiger partial charge is 0.150 e. The van der Waals surface area contributed by atoms with Crippen LogP contribution < -0.4 is 0 Å². The summed E-state index contributed by atoms with van der Waals surface area (Å²) < 4.78 is 0. The SMILES string of the molecule is C1=Cc2cc3ccc(cc4ccc(cc5nc(cc1n2)C=C5)[nH]4)[nH]3.O=Cc1ccccc1C=Cc1ccccc1. The fraction of sp³-hybridized carbons (Fsp3) is 0. The average molecular weight is 519 g/mol. The molecule has 2 N–H and O–H groups in total. The molecule has 5 heteroatoms. The molecule has 7 rings (SSSR count). The lowest BCUT2D eigenvalue weighted by Crippen LogP contribution is -1.83. The van der Waals surface area contributed by atoms with Gasteiger partial charge in [-0.1, -0.05) is 66.7 Å². The molecular formula is C35H26N4O. The van der Waals surface area contributed by atoms with Gasteiger partial charge in [0.25, 0.3) is 0 Å². The number of nitrogens with one attached hydrogen (secondary N) is 2. The van der Waals surface area contributed by atoms with Gasteiger partial charge < -0.3 is 9.97 Å². The zero-order valence-electron chi connectivity index (χ0n) is 21.7. The van der Waals surface area contributed by atoms with E-state index in [1.807, 2.05) is 109 Å². The Morgan fingerprint density at radius 3 is 1.50 bits per heavy atom. The molecule has 0 saturated heterocycles. The first-order valence-corrected chi connectivity index (χ1v) is 13.0. The molecule has 3 aromatic heterocycles. The van der Waals surface area contributed by atoms with Gasteiger partial charge in [-0.2, -0.15) is 0 Å². The summed E-state index contributed by atoms with van der Waals surface area (Å²) in [7, 11) is 0. The molecular weight excluding hydrogens is 492 g/mol. The molecule has 0 saturated carbocycles. The van der Waals surface area contributed by atoms with Gasteiger partial charge in [-0.15, -0.1) is 0 Å². The molecule has 5 aromatic rings. The molecule has 0 spiro atoms. The van der Waals surface area contributed by atoms with Gasteiger partial charge >= 0.3 is 0 Å². The third-order valence-corrected chi connectivity index (χ3v) is 6.42. The Morgan fingerprint density at radius 1 is 0.475 bits per heavy atom. The lowest BCUT2D eigenvalue weighted by Gasteiger charge is -1.97. The second kappa shape index (κ2) is 11.5. The Kier molecular flexibility index (Phi) is 7.09. The van der Waals surface area contributed by atoms with Gasteiger partial charge in [-0.25, -0.2) is 9.97 Å². The van der Waals surface area contributed by atoms with Crippen LogP contribution in [0.15, 0.2) is 103 Å². The summed E-state index contributed by atoms with van der Waals surface area (Å²) >= 11 is 0. The monoisotopic (exact) mass is 518 g/mol. The van der Waals surface area contributed by atoms with Crippen LogP contribution >= 0.6 is 0 Å². The van der Waals surface area contributed by atoms with Gasteiger partial charge in [0.05, 0.1) is 22.8 Å². The van der Waals surface area contributed by atoms with Crippen LogP contribution in [0.5, 0.6) is 0 Å². The van der Waals surface area contributed by atoms with Crippen molar-refractivity contribution in [3.05, 3.63) is 143 Å². The molecule has 2 aliphatic rings. The molecule has 0 atom stereocenters. The van der Waals surface area contributed by atoms with Crippen LogP contribution in [0.3, 0.4) is 0 Å². The first-order chi connectivity index (χ1) is 19.7. The van der Waals surface area contributed by atoms with E-state index in [9.17, 15) is 4.79 Å². The number of hydrogen-bond donors (Lipinski definition) is 2. The van der Waals surface area contributed by atoms with Gasteiger partial charge in [0, 0.05) is 27.6 Å². The number of aromatic amines is 2. The lowest BCUT2D eigenvalue weighted by atomic mass is 10.1. The van der Waals surface area contributed by atoms with Crippen molar-refractivity contribution in [3.63, 3.8) is 0 Å². The average Bonchev–Trinajstić information content (AvgIpc) is 3.80. The first kappa shape index (κ1) is 24.8. The Hall–Kier alpha value is -5.55. The number of carbonyl (C=O) groups is 1. The van der Waals surface area contributed by atoms with Gasteiger partial charge in [0.15, 0.2) is 6.29 Å². The number of rotatable bonds is 3. The fourth-order valence-electron chi connectivity index (χ4n) is 4.46.